The summed E-state index contributed by atoms with van der Waals surface area (Å²) < 4.78 is 28.7. The van der Waals surface area contributed by atoms with Crippen molar-refractivity contribution in [1.29, 1.82) is 0 Å². The molecule has 152 valence electrons. The van der Waals surface area contributed by atoms with Gasteiger partial charge in [-0.1, -0.05) is 54.0 Å². The minimum absolute atomic E-state index is 0.0363. The summed E-state index contributed by atoms with van der Waals surface area (Å²) in [6.45, 7) is 0. The molecule has 0 atom stereocenters. The minimum atomic E-state index is -3.78. The Morgan fingerprint density at radius 1 is 0.966 bits per heavy atom. The van der Waals surface area contributed by atoms with Crippen LogP contribution in [0.4, 0.5) is 0 Å². The molecule has 0 saturated carbocycles. The molecule has 1 aromatic heterocycles. The maximum Gasteiger partial charge on any atom is 0.303 e. The van der Waals surface area contributed by atoms with Crippen LogP contribution in [0.15, 0.2) is 64.0 Å². The van der Waals surface area contributed by atoms with Crippen LogP contribution in [-0.2, 0) is 21.2 Å². The second-order valence-electron chi connectivity index (χ2n) is 6.72. The van der Waals surface area contributed by atoms with Gasteiger partial charge in [-0.05, 0) is 37.0 Å². The van der Waals surface area contributed by atoms with Crippen LogP contribution in [0.2, 0.25) is 0 Å². The maximum atomic E-state index is 11.5. The molecular weight excluding hydrogens is 392 g/mol. The molecule has 0 unspecified atom stereocenters. The number of carboxylic acid groups (broad SMARTS) is 1. The van der Waals surface area contributed by atoms with E-state index in [1.807, 2.05) is 30.3 Å². The first-order chi connectivity index (χ1) is 13.9. The molecule has 0 spiro atoms. The average molecular weight is 414 g/mol. The van der Waals surface area contributed by atoms with Crippen LogP contribution >= 0.6 is 0 Å². The number of hydrogen-bond donors (Lipinski definition) is 2. The zero-order valence-electron chi connectivity index (χ0n) is 15.7. The van der Waals surface area contributed by atoms with Gasteiger partial charge < -0.3 is 9.63 Å². The highest BCUT2D eigenvalue weighted by molar-refractivity contribution is 7.89. The molecule has 1 heterocycles. The third-order valence-corrected chi connectivity index (χ3v) is 5.50. The fourth-order valence-corrected chi connectivity index (χ4v) is 3.65. The van der Waals surface area contributed by atoms with Crippen molar-refractivity contribution in [2.75, 3.05) is 0 Å². The van der Waals surface area contributed by atoms with E-state index in [-0.39, 0.29) is 11.3 Å². The van der Waals surface area contributed by atoms with Crippen LogP contribution in [0.25, 0.3) is 22.5 Å². The van der Waals surface area contributed by atoms with Gasteiger partial charge in [0.25, 0.3) is 0 Å². The largest absolute Gasteiger partial charge is 0.481 e. The van der Waals surface area contributed by atoms with Gasteiger partial charge in [0, 0.05) is 12.0 Å². The molecule has 3 aromatic rings. The zero-order valence-corrected chi connectivity index (χ0v) is 16.6. The first-order valence-corrected chi connectivity index (χ1v) is 10.8. The lowest BCUT2D eigenvalue weighted by Gasteiger charge is -2.06. The molecule has 8 heteroatoms. The Bertz CT molecular complexity index is 1070. The van der Waals surface area contributed by atoms with Gasteiger partial charge in [-0.15, -0.1) is 0 Å². The van der Waals surface area contributed by atoms with Crippen LogP contribution in [0.3, 0.4) is 0 Å². The Hall–Kier alpha value is -2.97. The lowest BCUT2D eigenvalue weighted by Crippen LogP contribution is -2.11. The minimum Gasteiger partial charge on any atom is -0.481 e. The van der Waals surface area contributed by atoms with Crippen molar-refractivity contribution in [3.8, 4) is 22.5 Å². The molecule has 3 N–H and O–H groups in total. The number of primary sulfonamides is 1. The highest BCUT2D eigenvalue weighted by Gasteiger charge is 2.20. The number of carbonyl (C=O) groups is 1. The van der Waals surface area contributed by atoms with E-state index in [0.717, 1.165) is 35.2 Å². The number of rotatable bonds is 9. The SMILES string of the molecule is NS(=O)(=O)c1ccc(-c2c(CCCCCC(=O)O)noc2-c2ccccc2)cc1. The van der Waals surface area contributed by atoms with E-state index in [0.29, 0.717) is 18.6 Å². The fourth-order valence-electron chi connectivity index (χ4n) is 3.13. The topological polar surface area (TPSA) is 123 Å². The lowest BCUT2D eigenvalue weighted by atomic mass is 9.97. The van der Waals surface area contributed by atoms with E-state index in [9.17, 15) is 13.2 Å². The highest BCUT2D eigenvalue weighted by Crippen LogP contribution is 2.36. The van der Waals surface area contributed by atoms with Gasteiger partial charge in [0.15, 0.2) is 5.76 Å². The van der Waals surface area contributed by atoms with Gasteiger partial charge in [0.2, 0.25) is 10.0 Å². The maximum absolute atomic E-state index is 11.5. The van der Waals surface area contributed by atoms with E-state index < -0.39 is 16.0 Å². The predicted molar refractivity (Wildman–Crippen MR) is 109 cm³/mol. The van der Waals surface area contributed by atoms with E-state index in [2.05, 4.69) is 5.16 Å². The van der Waals surface area contributed by atoms with Crippen LogP contribution in [0.5, 0.6) is 0 Å². The standard InChI is InChI=1S/C21H22N2O5S/c22-29(26,27)17-13-11-15(12-14-17)20-18(9-5-2-6-10-19(24)25)23-28-21(20)16-7-3-1-4-8-16/h1,3-4,7-8,11-14H,2,5-6,9-10H2,(H,24,25)(H2,22,26,27). The molecule has 0 fully saturated rings. The zero-order chi connectivity index (χ0) is 20.9. The molecule has 2 aromatic carbocycles. The fraction of sp³-hybridized carbons (Fsp3) is 0.238. The van der Waals surface area contributed by atoms with Crippen molar-refractivity contribution in [3.05, 3.63) is 60.3 Å². The molecule has 0 saturated heterocycles. The average Bonchev–Trinajstić information content (AvgIpc) is 3.11. The quantitative estimate of drug-likeness (QED) is 0.513. The molecule has 3 rings (SSSR count). The van der Waals surface area contributed by atoms with Gasteiger partial charge in [0.1, 0.15) is 0 Å². The summed E-state index contributed by atoms with van der Waals surface area (Å²) in [5, 5.41) is 18.2. The van der Waals surface area contributed by atoms with Gasteiger partial charge in [0.05, 0.1) is 16.2 Å². The van der Waals surface area contributed by atoms with E-state index in [4.69, 9.17) is 14.8 Å². The Labute approximate surface area is 169 Å². The number of aryl methyl sites for hydroxylation is 1. The molecule has 0 radical (unpaired) electrons. The third kappa shape index (κ3) is 5.30. The smallest absolute Gasteiger partial charge is 0.303 e. The van der Waals surface area contributed by atoms with Crippen molar-refractivity contribution in [1.82, 2.24) is 5.16 Å². The summed E-state index contributed by atoms with van der Waals surface area (Å²) in [4.78, 5) is 10.7. The highest BCUT2D eigenvalue weighted by atomic mass is 32.2. The predicted octanol–water partition coefficient (Wildman–Crippen LogP) is 3.84. The number of sulfonamides is 1. The summed E-state index contributed by atoms with van der Waals surface area (Å²) in [6.07, 6.45) is 2.93. The molecule has 0 aliphatic rings. The van der Waals surface area contributed by atoms with Crippen LogP contribution in [-0.4, -0.2) is 24.7 Å². The Kier molecular flexibility index (Phi) is 6.46. The van der Waals surface area contributed by atoms with Crippen molar-refractivity contribution >= 4 is 16.0 Å². The van der Waals surface area contributed by atoms with Crippen molar-refractivity contribution in [2.45, 2.75) is 37.0 Å². The van der Waals surface area contributed by atoms with E-state index in [1.54, 1.807) is 12.1 Å². The normalized spacial score (nSPS) is 11.5. The second-order valence-corrected chi connectivity index (χ2v) is 8.28. The number of carboxylic acids is 1. The molecule has 0 amide bonds. The molecule has 0 bridgehead atoms. The number of benzene rings is 2. The Morgan fingerprint density at radius 2 is 1.66 bits per heavy atom. The van der Waals surface area contributed by atoms with Crippen molar-refractivity contribution in [3.63, 3.8) is 0 Å². The van der Waals surface area contributed by atoms with E-state index in [1.165, 1.54) is 12.1 Å². The van der Waals surface area contributed by atoms with Gasteiger partial charge in [-0.3, -0.25) is 4.79 Å². The first kappa shape index (κ1) is 20.8. The molecule has 0 aliphatic carbocycles. The van der Waals surface area contributed by atoms with Crippen LogP contribution in [0.1, 0.15) is 31.4 Å². The van der Waals surface area contributed by atoms with Crippen molar-refractivity contribution in [2.24, 2.45) is 5.14 Å². The Balaban J connectivity index is 1.91. The summed E-state index contributed by atoms with van der Waals surface area (Å²) in [5.41, 5.74) is 3.19. The number of nitrogens with two attached hydrogens (primary N) is 1. The summed E-state index contributed by atoms with van der Waals surface area (Å²) in [7, 11) is -3.78. The number of hydrogen-bond acceptors (Lipinski definition) is 5. The number of aromatic nitrogens is 1. The summed E-state index contributed by atoms with van der Waals surface area (Å²) in [6, 6.07) is 15.8. The first-order valence-electron chi connectivity index (χ1n) is 9.25. The Morgan fingerprint density at radius 3 is 2.28 bits per heavy atom. The van der Waals surface area contributed by atoms with Gasteiger partial charge >= 0.3 is 5.97 Å². The third-order valence-electron chi connectivity index (χ3n) is 4.57. The van der Waals surface area contributed by atoms with Crippen molar-refractivity contribution < 1.29 is 22.8 Å². The number of nitrogens with zero attached hydrogens (tertiary/aromatic N) is 1. The van der Waals surface area contributed by atoms with E-state index >= 15 is 0 Å². The monoisotopic (exact) mass is 414 g/mol. The number of aliphatic carboxylic acids is 1. The summed E-state index contributed by atoms with van der Waals surface area (Å²) >= 11 is 0. The lowest BCUT2D eigenvalue weighted by molar-refractivity contribution is -0.137. The molecule has 7 nitrogen and oxygen atoms in total. The molecule has 0 aliphatic heterocycles. The van der Waals surface area contributed by atoms with Gasteiger partial charge in [-0.2, -0.15) is 0 Å². The number of unbranched alkanes of at least 4 members (excludes halogenated alkanes) is 2. The second kappa shape index (κ2) is 9.02. The van der Waals surface area contributed by atoms with Crippen LogP contribution in [0, 0.1) is 0 Å². The van der Waals surface area contributed by atoms with Gasteiger partial charge in [-0.25, -0.2) is 13.6 Å². The van der Waals surface area contributed by atoms with Crippen LogP contribution < -0.4 is 5.14 Å². The molecular formula is C21H22N2O5S. The molecule has 29 heavy (non-hydrogen) atoms. The summed E-state index contributed by atoms with van der Waals surface area (Å²) in [5.74, 6) is -0.192.